The summed E-state index contributed by atoms with van der Waals surface area (Å²) in [7, 11) is 0. The zero-order valence-electron chi connectivity index (χ0n) is 26.8. The van der Waals surface area contributed by atoms with Crippen molar-refractivity contribution in [3.63, 3.8) is 0 Å². The lowest BCUT2D eigenvalue weighted by Gasteiger charge is -2.45. The van der Waals surface area contributed by atoms with Crippen LogP contribution >= 0.6 is 12.2 Å². The second-order valence-corrected chi connectivity index (χ2v) is 12.0. The molecule has 0 spiro atoms. The molecule has 3 aromatic carbocycles. The highest BCUT2D eigenvalue weighted by Gasteiger charge is 2.50. The summed E-state index contributed by atoms with van der Waals surface area (Å²) in [6, 6.07) is 28.2. The number of nitrogens with one attached hydrogen (secondary N) is 1. The van der Waals surface area contributed by atoms with E-state index in [1.807, 2.05) is 91.0 Å². The lowest BCUT2D eigenvalue weighted by atomic mass is 9.95. The molecule has 0 aromatic heterocycles. The van der Waals surface area contributed by atoms with Gasteiger partial charge in [-0.2, -0.15) is 0 Å². The van der Waals surface area contributed by atoms with Crippen LogP contribution in [0.5, 0.6) is 0 Å². The monoisotopic (exact) mass is 681 g/mol. The first-order valence-corrected chi connectivity index (χ1v) is 16.2. The van der Waals surface area contributed by atoms with E-state index in [-0.39, 0.29) is 45.8 Å². The molecule has 1 aliphatic heterocycles. The number of ether oxygens (including phenoxy) is 6. The number of thiocarbonyl (C=S) groups is 1. The Bertz CT molecular complexity index is 1400. The number of carbonyl (C=O) groups is 2. The zero-order valence-corrected chi connectivity index (χ0v) is 27.7. The van der Waals surface area contributed by atoms with Crippen LogP contribution in [0.3, 0.4) is 0 Å². The number of benzene rings is 3. The molecule has 1 heterocycles. The summed E-state index contributed by atoms with van der Waals surface area (Å²) < 4.78 is 36.4. The van der Waals surface area contributed by atoms with E-state index in [4.69, 9.17) is 40.6 Å². The Labute approximate surface area is 286 Å². The highest BCUT2D eigenvalue weighted by molar-refractivity contribution is 7.80. The van der Waals surface area contributed by atoms with Gasteiger partial charge in [0, 0.05) is 13.0 Å². The fraction of sp³-hybridized carbons (Fsp3) is 0.417. The standard InChI is InChI=1S/C36H43NO10S/c1-25(48)19-30-32(47-31(40)17-18-37-36(41)45-23-28-15-9-4-10-16-28)33(42-21-26-11-5-2-6-12-26)34(35(46-30)44-24-29(39)20-38)43-22-27-13-7-3-8-14-27/h2-16,29-30,32-35,38-39H,17-24H2,1H3,(H,37,41)/t29?,30-,32-,33+,34-,35-/m1/s1. The number of amides is 1. The van der Waals surface area contributed by atoms with Gasteiger partial charge in [0.15, 0.2) is 12.4 Å². The van der Waals surface area contributed by atoms with Crippen LogP contribution in [0.4, 0.5) is 4.79 Å². The number of aliphatic hydroxyl groups excluding tert-OH is 2. The highest BCUT2D eigenvalue weighted by Crippen LogP contribution is 2.32. The number of alkyl carbamates (subject to hydrolysis) is 1. The third-order valence-corrected chi connectivity index (χ3v) is 7.56. The van der Waals surface area contributed by atoms with Crippen molar-refractivity contribution in [1.82, 2.24) is 5.32 Å². The second-order valence-electron chi connectivity index (χ2n) is 11.3. The minimum atomic E-state index is -1.15. The summed E-state index contributed by atoms with van der Waals surface area (Å²) in [5.74, 6) is -0.607. The third-order valence-electron chi connectivity index (χ3n) is 7.39. The van der Waals surface area contributed by atoms with E-state index in [1.165, 1.54) is 0 Å². The first-order chi connectivity index (χ1) is 23.3. The van der Waals surface area contributed by atoms with Crippen molar-refractivity contribution in [3.05, 3.63) is 108 Å². The smallest absolute Gasteiger partial charge is 0.407 e. The lowest BCUT2D eigenvalue weighted by molar-refractivity contribution is -0.319. The number of aliphatic hydroxyl groups is 2. The van der Waals surface area contributed by atoms with Gasteiger partial charge in [-0.1, -0.05) is 103 Å². The molecule has 1 unspecified atom stereocenters. The van der Waals surface area contributed by atoms with E-state index in [0.717, 1.165) is 16.7 Å². The van der Waals surface area contributed by atoms with Crippen molar-refractivity contribution in [2.75, 3.05) is 19.8 Å². The maximum Gasteiger partial charge on any atom is 0.407 e. The summed E-state index contributed by atoms with van der Waals surface area (Å²) in [5, 5.41) is 22.0. The Morgan fingerprint density at radius 1 is 0.812 bits per heavy atom. The zero-order chi connectivity index (χ0) is 34.1. The van der Waals surface area contributed by atoms with Crippen LogP contribution in [0.1, 0.15) is 36.5 Å². The maximum absolute atomic E-state index is 13.3. The molecule has 0 saturated carbocycles. The van der Waals surface area contributed by atoms with Crippen LogP contribution in [-0.2, 0) is 53.0 Å². The molecule has 1 saturated heterocycles. The van der Waals surface area contributed by atoms with E-state index >= 15 is 0 Å². The van der Waals surface area contributed by atoms with Crippen molar-refractivity contribution in [3.8, 4) is 0 Å². The van der Waals surface area contributed by atoms with Crippen molar-refractivity contribution in [2.45, 2.75) is 76.4 Å². The van der Waals surface area contributed by atoms with Crippen molar-refractivity contribution in [1.29, 1.82) is 0 Å². The number of rotatable bonds is 18. The van der Waals surface area contributed by atoms with Crippen LogP contribution in [0.2, 0.25) is 0 Å². The quantitative estimate of drug-likeness (QED) is 0.131. The summed E-state index contributed by atoms with van der Waals surface area (Å²) in [4.78, 5) is 26.1. The van der Waals surface area contributed by atoms with Crippen LogP contribution in [0.15, 0.2) is 91.0 Å². The minimum Gasteiger partial charge on any atom is -0.457 e. The fourth-order valence-corrected chi connectivity index (χ4v) is 5.18. The minimum absolute atomic E-state index is 0.0227. The molecule has 3 aromatic rings. The SMILES string of the molecule is CC(=S)C[C@H]1O[C@@H](OCC(O)CO)[C@H](OCc2ccccc2)[C@@H](OCc2ccccc2)[C@@H]1OC(=O)CCNC(=O)OCc1ccccc1. The van der Waals surface area contributed by atoms with Gasteiger partial charge in [-0.3, -0.25) is 4.79 Å². The summed E-state index contributed by atoms with van der Waals surface area (Å²) in [5.41, 5.74) is 2.59. The molecular formula is C36H43NO10S. The first-order valence-electron chi connectivity index (χ1n) is 15.8. The predicted octanol–water partition coefficient (Wildman–Crippen LogP) is 4.26. The molecule has 1 aliphatic rings. The molecule has 0 aliphatic carbocycles. The Morgan fingerprint density at radius 3 is 1.90 bits per heavy atom. The molecule has 3 N–H and O–H groups in total. The molecule has 0 radical (unpaired) electrons. The lowest BCUT2D eigenvalue weighted by Crippen LogP contribution is -2.61. The summed E-state index contributed by atoms with van der Waals surface area (Å²) in [6.07, 6.45) is -6.38. The van der Waals surface area contributed by atoms with E-state index in [2.05, 4.69) is 5.32 Å². The Morgan fingerprint density at radius 2 is 1.35 bits per heavy atom. The molecular weight excluding hydrogens is 638 g/mol. The van der Waals surface area contributed by atoms with Gasteiger partial charge in [-0.25, -0.2) is 4.79 Å². The van der Waals surface area contributed by atoms with Crippen molar-refractivity contribution < 1.29 is 48.2 Å². The fourth-order valence-electron chi connectivity index (χ4n) is 5.01. The predicted molar refractivity (Wildman–Crippen MR) is 180 cm³/mol. The van der Waals surface area contributed by atoms with Crippen molar-refractivity contribution >= 4 is 29.1 Å². The Balaban J connectivity index is 1.51. The van der Waals surface area contributed by atoms with E-state index in [9.17, 15) is 19.8 Å². The van der Waals surface area contributed by atoms with Gasteiger partial charge >= 0.3 is 12.1 Å². The number of carbonyl (C=O) groups excluding carboxylic acids is 2. The van der Waals surface area contributed by atoms with E-state index in [1.54, 1.807) is 6.92 Å². The largest absolute Gasteiger partial charge is 0.457 e. The molecule has 1 fully saturated rings. The third kappa shape index (κ3) is 12.4. The molecule has 11 nitrogen and oxygen atoms in total. The van der Waals surface area contributed by atoms with E-state index in [0.29, 0.717) is 4.86 Å². The van der Waals surface area contributed by atoms with Crippen LogP contribution in [-0.4, -0.2) is 83.7 Å². The second kappa shape index (κ2) is 19.9. The average molecular weight is 682 g/mol. The highest BCUT2D eigenvalue weighted by atomic mass is 32.1. The molecule has 258 valence electrons. The first kappa shape index (κ1) is 37.1. The van der Waals surface area contributed by atoms with Gasteiger partial charge in [0.05, 0.1) is 32.8 Å². The molecule has 6 atom stereocenters. The molecule has 1 amide bonds. The number of esters is 1. The molecule has 48 heavy (non-hydrogen) atoms. The van der Waals surface area contributed by atoms with Crippen LogP contribution in [0, 0.1) is 0 Å². The molecule has 12 heteroatoms. The number of hydrogen-bond acceptors (Lipinski definition) is 11. The van der Waals surface area contributed by atoms with Crippen molar-refractivity contribution in [2.24, 2.45) is 0 Å². The topological polar surface area (TPSA) is 142 Å². The van der Waals surface area contributed by atoms with E-state index < -0.39 is 55.5 Å². The van der Waals surface area contributed by atoms with Gasteiger partial charge in [0.2, 0.25) is 0 Å². The van der Waals surface area contributed by atoms with Gasteiger partial charge in [-0.15, -0.1) is 0 Å². The number of hydrogen-bond donors (Lipinski definition) is 3. The average Bonchev–Trinajstić information content (AvgIpc) is 3.10. The normalized spacial score (nSPS) is 21.2. The van der Waals surface area contributed by atoms with Gasteiger partial charge in [-0.05, 0) is 28.5 Å². The van der Waals surface area contributed by atoms with Gasteiger partial charge in [0.25, 0.3) is 0 Å². The summed E-state index contributed by atoms with van der Waals surface area (Å²) >= 11 is 5.42. The van der Waals surface area contributed by atoms with Crippen LogP contribution in [0.25, 0.3) is 0 Å². The maximum atomic E-state index is 13.3. The Kier molecular flexibility index (Phi) is 15.4. The van der Waals surface area contributed by atoms with Crippen LogP contribution < -0.4 is 5.32 Å². The molecule has 4 rings (SSSR count). The van der Waals surface area contributed by atoms with Gasteiger partial charge < -0.3 is 44.0 Å². The summed E-state index contributed by atoms with van der Waals surface area (Å²) in [6.45, 7) is 1.41. The Hall–Kier alpha value is -3.75. The van der Waals surface area contributed by atoms with Gasteiger partial charge in [0.1, 0.15) is 31.0 Å². The molecule has 0 bridgehead atoms.